The van der Waals surface area contributed by atoms with E-state index in [1.807, 2.05) is 53.4 Å². The Morgan fingerprint density at radius 1 is 1.06 bits per heavy atom. The summed E-state index contributed by atoms with van der Waals surface area (Å²) >= 11 is 0. The molecule has 2 amide bonds. The van der Waals surface area contributed by atoms with Crippen LogP contribution < -0.4 is 10.1 Å². The molecule has 1 saturated heterocycles. The van der Waals surface area contributed by atoms with E-state index in [2.05, 4.69) is 27.7 Å². The molecular weight excluding hydrogens is 430 g/mol. The van der Waals surface area contributed by atoms with E-state index in [0.29, 0.717) is 25.1 Å². The highest BCUT2D eigenvalue weighted by molar-refractivity contribution is 5.95. The van der Waals surface area contributed by atoms with Gasteiger partial charge in [0.15, 0.2) is 6.61 Å². The van der Waals surface area contributed by atoms with E-state index in [1.165, 1.54) is 0 Å². The number of carbonyl (C=O) groups excluding carboxylic acids is 2. The van der Waals surface area contributed by atoms with Gasteiger partial charge in [0.1, 0.15) is 18.4 Å². The number of benzene rings is 2. The van der Waals surface area contributed by atoms with Crippen molar-refractivity contribution in [3.63, 3.8) is 0 Å². The molecular formula is C26H27N5O3. The van der Waals surface area contributed by atoms with E-state index < -0.39 is 0 Å². The highest BCUT2D eigenvalue weighted by Crippen LogP contribution is 2.25. The minimum absolute atomic E-state index is 0.00262. The van der Waals surface area contributed by atoms with Crippen molar-refractivity contribution in [1.29, 1.82) is 0 Å². The molecule has 2 aliphatic heterocycles. The van der Waals surface area contributed by atoms with Gasteiger partial charge in [-0.3, -0.25) is 14.2 Å². The van der Waals surface area contributed by atoms with Crippen LogP contribution in [0.4, 0.5) is 0 Å². The maximum atomic E-state index is 13.3. The maximum absolute atomic E-state index is 13.3. The van der Waals surface area contributed by atoms with Gasteiger partial charge in [-0.25, -0.2) is 0 Å². The number of para-hydroxylation sites is 1. The fourth-order valence-corrected chi connectivity index (χ4v) is 4.65. The largest absolute Gasteiger partial charge is 0.483 e. The van der Waals surface area contributed by atoms with Crippen LogP contribution in [0.15, 0.2) is 73.3 Å². The molecule has 1 aromatic heterocycles. The second-order valence-electron chi connectivity index (χ2n) is 8.70. The third-order valence-corrected chi connectivity index (χ3v) is 6.45. The topological polar surface area (TPSA) is 89.4 Å². The standard InChI is InChI=1S/C26H27N5O3/c32-25-16-34-24-11-4-3-7-19(24)6-1-2-8-21-15-30(13-12-23(21)29-25)26(33)20-9-5-10-22(14-20)31-17-27-28-18-31/h1-5,7,9-11,14,17-18,21,23H,6,8,12-13,15-16H2,(H,29,32)/b2-1+/t21-,23+/m0/s1. The molecule has 8 nitrogen and oxygen atoms in total. The second kappa shape index (κ2) is 9.91. The molecule has 1 N–H and O–H groups in total. The number of carbonyl (C=O) groups is 2. The minimum Gasteiger partial charge on any atom is -0.483 e. The lowest BCUT2D eigenvalue weighted by Crippen LogP contribution is -2.53. The molecule has 2 aliphatic rings. The van der Waals surface area contributed by atoms with Gasteiger partial charge < -0.3 is 15.0 Å². The number of hydrogen-bond acceptors (Lipinski definition) is 5. The Hall–Kier alpha value is -3.94. The number of amides is 2. The number of aromatic nitrogens is 3. The monoisotopic (exact) mass is 457 g/mol. The number of hydrogen-bond donors (Lipinski definition) is 1. The molecule has 5 rings (SSSR count). The summed E-state index contributed by atoms with van der Waals surface area (Å²) in [6, 6.07) is 15.3. The van der Waals surface area contributed by atoms with Crippen LogP contribution in [0, 0.1) is 5.92 Å². The van der Waals surface area contributed by atoms with E-state index in [0.717, 1.165) is 29.8 Å². The summed E-state index contributed by atoms with van der Waals surface area (Å²) in [7, 11) is 0. The van der Waals surface area contributed by atoms with Crippen molar-refractivity contribution in [2.75, 3.05) is 19.7 Å². The van der Waals surface area contributed by atoms with Crippen LogP contribution in [0.2, 0.25) is 0 Å². The Balaban J connectivity index is 1.31. The molecule has 34 heavy (non-hydrogen) atoms. The van der Waals surface area contributed by atoms with Gasteiger partial charge in [0.2, 0.25) is 0 Å². The van der Waals surface area contributed by atoms with Gasteiger partial charge in [-0.15, -0.1) is 10.2 Å². The second-order valence-corrected chi connectivity index (χ2v) is 8.70. The van der Waals surface area contributed by atoms with Crippen molar-refractivity contribution in [2.24, 2.45) is 5.92 Å². The number of allylic oxidation sites excluding steroid dienone is 2. The van der Waals surface area contributed by atoms with Crippen LogP contribution in [0.5, 0.6) is 5.75 Å². The average molecular weight is 458 g/mol. The zero-order chi connectivity index (χ0) is 23.3. The number of ether oxygens (including phenoxy) is 1. The molecule has 0 unspecified atom stereocenters. The number of rotatable bonds is 2. The first-order chi connectivity index (χ1) is 16.7. The Labute approximate surface area is 198 Å². The fourth-order valence-electron chi connectivity index (χ4n) is 4.65. The van der Waals surface area contributed by atoms with Crippen molar-refractivity contribution < 1.29 is 14.3 Å². The van der Waals surface area contributed by atoms with Gasteiger partial charge in [-0.1, -0.05) is 36.4 Å². The van der Waals surface area contributed by atoms with Gasteiger partial charge in [-0.05, 0) is 49.1 Å². The van der Waals surface area contributed by atoms with Gasteiger partial charge in [0.05, 0.1) is 0 Å². The number of nitrogens with zero attached hydrogens (tertiary/aromatic N) is 4. The Kier molecular flexibility index (Phi) is 6.38. The third kappa shape index (κ3) is 4.85. The highest BCUT2D eigenvalue weighted by Gasteiger charge is 2.32. The van der Waals surface area contributed by atoms with Crippen LogP contribution in [-0.4, -0.2) is 57.2 Å². The lowest BCUT2D eigenvalue weighted by atomic mass is 9.88. The van der Waals surface area contributed by atoms with Gasteiger partial charge in [0.25, 0.3) is 11.8 Å². The number of piperidine rings is 1. The van der Waals surface area contributed by atoms with E-state index in [-0.39, 0.29) is 30.4 Å². The van der Waals surface area contributed by atoms with Gasteiger partial charge in [-0.2, -0.15) is 0 Å². The van der Waals surface area contributed by atoms with Crippen LogP contribution in [0.25, 0.3) is 5.69 Å². The summed E-state index contributed by atoms with van der Waals surface area (Å²) in [5.41, 5.74) is 2.52. The van der Waals surface area contributed by atoms with E-state index in [1.54, 1.807) is 17.2 Å². The molecule has 0 radical (unpaired) electrons. The quantitative estimate of drug-likeness (QED) is 0.598. The Morgan fingerprint density at radius 3 is 2.79 bits per heavy atom. The normalized spacial score (nSPS) is 21.6. The zero-order valence-corrected chi connectivity index (χ0v) is 18.8. The molecule has 0 aliphatic carbocycles. The van der Waals surface area contributed by atoms with Crippen molar-refractivity contribution in [3.05, 3.63) is 84.5 Å². The molecule has 8 heteroatoms. The molecule has 2 atom stereocenters. The smallest absolute Gasteiger partial charge is 0.258 e. The first-order valence-electron chi connectivity index (χ1n) is 11.6. The predicted molar refractivity (Wildman–Crippen MR) is 127 cm³/mol. The molecule has 1 fully saturated rings. The van der Waals surface area contributed by atoms with E-state index in [4.69, 9.17) is 4.74 Å². The van der Waals surface area contributed by atoms with Crippen LogP contribution >= 0.6 is 0 Å². The molecule has 3 heterocycles. The summed E-state index contributed by atoms with van der Waals surface area (Å²) in [4.78, 5) is 27.8. The summed E-state index contributed by atoms with van der Waals surface area (Å²) in [5, 5.41) is 10.8. The van der Waals surface area contributed by atoms with Gasteiger partial charge >= 0.3 is 0 Å². The highest BCUT2D eigenvalue weighted by atomic mass is 16.5. The Morgan fingerprint density at radius 2 is 1.91 bits per heavy atom. The van der Waals surface area contributed by atoms with Crippen LogP contribution in [0.1, 0.15) is 28.8 Å². The van der Waals surface area contributed by atoms with Gasteiger partial charge in [0, 0.05) is 36.3 Å². The van der Waals surface area contributed by atoms with E-state index in [9.17, 15) is 9.59 Å². The Bertz CT molecular complexity index is 1190. The first kappa shape index (κ1) is 21.9. The third-order valence-electron chi connectivity index (χ3n) is 6.45. The number of likely N-dealkylation sites (tertiary alicyclic amines) is 1. The minimum atomic E-state index is -0.129. The molecule has 0 spiro atoms. The number of fused-ring (bicyclic) bond motifs is 2. The van der Waals surface area contributed by atoms with E-state index >= 15 is 0 Å². The average Bonchev–Trinajstić information content (AvgIpc) is 3.41. The lowest BCUT2D eigenvalue weighted by Gasteiger charge is -2.39. The SMILES string of the molecule is O=C1COc2ccccc2C/C=C/C[C@H]2CN(C(=O)c3cccc(-n4cnnc4)c3)CC[C@H]2N1. The molecule has 0 saturated carbocycles. The van der Waals surface area contributed by atoms with Crippen molar-refractivity contribution in [1.82, 2.24) is 25.0 Å². The molecule has 3 aromatic rings. The van der Waals surface area contributed by atoms with Crippen molar-refractivity contribution in [3.8, 4) is 11.4 Å². The number of nitrogens with one attached hydrogen (secondary N) is 1. The van der Waals surface area contributed by atoms with Crippen molar-refractivity contribution in [2.45, 2.75) is 25.3 Å². The van der Waals surface area contributed by atoms with Crippen molar-refractivity contribution >= 4 is 11.8 Å². The first-order valence-corrected chi connectivity index (χ1v) is 11.6. The fraction of sp³-hybridized carbons (Fsp3) is 0.308. The van der Waals surface area contributed by atoms with Crippen LogP contribution in [0.3, 0.4) is 0 Å². The molecule has 174 valence electrons. The summed E-state index contributed by atoms with van der Waals surface area (Å²) in [6.07, 6.45) is 9.76. The van der Waals surface area contributed by atoms with Crippen LogP contribution in [-0.2, 0) is 11.2 Å². The summed E-state index contributed by atoms with van der Waals surface area (Å²) in [5.74, 6) is 0.741. The molecule has 2 aromatic carbocycles. The summed E-state index contributed by atoms with van der Waals surface area (Å²) in [6.45, 7) is 1.16. The predicted octanol–water partition coefficient (Wildman–Crippen LogP) is 2.80. The summed E-state index contributed by atoms with van der Waals surface area (Å²) < 4.78 is 7.56. The molecule has 0 bridgehead atoms. The zero-order valence-electron chi connectivity index (χ0n) is 18.8. The lowest BCUT2D eigenvalue weighted by molar-refractivity contribution is -0.124. The maximum Gasteiger partial charge on any atom is 0.258 e.